The van der Waals surface area contributed by atoms with Crippen molar-refractivity contribution >= 4 is 17.5 Å². The molecule has 0 saturated carbocycles. The molecule has 0 saturated heterocycles. The molecule has 2 aromatic rings. The first-order chi connectivity index (χ1) is 13.0. The average Bonchev–Trinajstić information content (AvgIpc) is 2.68. The average molecular weight is 365 g/mol. The molecule has 0 radical (unpaired) electrons. The number of hydrogen-bond donors (Lipinski definition) is 2. The molecule has 0 aliphatic carbocycles. The van der Waals surface area contributed by atoms with Gasteiger partial charge in [-0.2, -0.15) is 0 Å². The normalized spacial score (nSPS) is 14.9. The highest BCUT2D eigenvalue weighted by molar-refractivity contribution is 5.96. The van der Waals surface area contributed by atoms with Crippen molar-refractivity contribution in [1.82, 2.24) is 10.2 Å². The Bertz CT molecular complexity index is 827. The Labute approximate surface area is 160 Å². The van der Waals surface area contributed by atoms with Gasteiger partial charge in [0.15, 0.2) is 0 Å². The van der Waals surface area contributed by atoms with Crippen LogP contribution in [-0.4, -0.2) is 35.8 Å². The summed E-state index contributed by atoms with van der Waals surface area (Å²) in [5.41, 5.74) is 5.47. The van der Waals surface area contributed by atoms with Crippen LogP contribution in [0.5, 0.6) is 0 Å². The minimum atomic E-state index is -0.272. The zero-order valence-corrected chi connectivity index (χ0v) is 16.2. The number of nitrogens with one attached hydrogen (secondary N) is 2. The third kappa shape index (κ3) is 4.55. The summed E-state index contributed by atoms with van der Waals surface area (Å²) in [6.45, 7) is 7.39. The van der Waals surface area contributed by atoms with E-state index in [2.05, 4.69) is 33.7 Å². The minimum absolute atomic E-state index is 0.0264. The largest absolute Gasteiger partial charge is 0.346 e. The van der Waals surface area contributed by atoms with Gasteiger partial charge in [0.05, 0.1) is 12.6 Å². The second-order valence-electron chi connectivity index (χ2n) is 7.20. The van der Waals surface area contributed by atoms with E-state index < -0.39 is 0 Å². The summed E-state index contributed by atoms with van der Waals surface area (Å²) in [6.07, 6.45) is 0.945. The lowest BCUT2D eigenvalue weighted by molar-refractivity contribution is -0.128. The van der Waals surface area contributed by atoms with E-state index in [1.165, 1.54) is 11.1 Å². The SMILES string of the molecule is Cc1cccc(C)c1NC(=O)CNC(=O)[C@@H](C)N1CCc2ccccc2C1. The Morgan fingerprint density at radius 1 is 1.04 bits per heavy atom. The van der Waals surface area contributed by atoms with Crippen molar-refractivity contribution < 1.29 is 9.59 Å². The van der Waals surface area contributed by atoms with Gasteiger partial charge in [0.1, 0.15) is 0 Å². The Hall–Kier alpha value is -2.66. The maximum atomic E-state index is 12.5. The quantitative estimate of drug-likeness (QED) is 0.857. The van der Waals surface area contributed by atoms with Gasteiger partial charge in [-0.1, -0.05) is 42.5 Å². The van der Waals surface area contributed by atoms with Crippen molar-refractivity contribution in [2.75, 3.05) is 18.4 Å². The predicted molar refractivity (Wildman–Crippen MR) is 108 cm³/mol. The number of aryl methyl sites for hydroxylation is 2. The first-order valence-electron chi connectivity index (χ1n) is 9.40. The van der Waals surface area contributed by atoms with Crippen molar-refractivity contribution in [2.45, 2.75) is 39.8 Å². The van der Waals surface area contributed by atoms with Crippen LogP contribution < -0.4 is 10.6 Å². The topological polar surface area (TPSA) is 61.4 Å². The molecule has 0 fully saturated rings. The molecule has 27 heavy (non-hydrogen) atoms. The van der Waals surface area contributed by atoms with E-state index >= 15 is 0 Å². The summed E-state index contributed by atoms with van der Waals surface area (Å²) in [5, 5.41) is 5.67. The maximum absolute atomic E-state index is 12.5. The van der Waals surface area contributed by atoms with Gasteiger partial charge in [-0.15, -0.1) is 0 Å². The monoisotopic (exact) mass is 365 g/mol. The number of carbonyl (C=O) groups excluding carboxylic acids is 2. The second kappa shape index (κ2) is 8.35. The highest BCUT2D eigenvalue weighted by Crippen LogP contribution is 2.21. The fraction of sp³-hybridized carbons (Fsp3) is 0.364. The zero-order chi connectivity index (χ0) is 19.4. The molecular formula is C22H27N3O2. The van der Waals surface area contributed by atoms with Gasteiger partial charge in [0, 0.05) is 18.8 Å². The van der Waals surface area contributed by atoms with Gasteiger partial charge < -0.3 is 10.6 Å². The zero-order valence-electron chi connectivity index (χ0n) is 16.2. The van der Waals surface area contributed by atoms with Crippen molar-refractivity contribution in [3.8, 4) is 0 Å². The Balaban J connectivity index is 1.52. The number of para-hydroxylation sites is 1. The first kappa shape index (κ1) is 19.1. The number of fused-ring (bicyclic) bond motifs is 1. The summed E-state index contributed by atoms with van der Waals surface area (Å²) in [4.78, 5) is 26.9. The third-order valence-electron chi connectivity index (χ3n) is 5.26. The van der Waals surface area contributed by atoms with Crippen molar-refractivity contribution in [3.05, 3.63) is 64.7 Å². The van der Waals surface area contributed by atoms with E-state index in [9.17, 15) is 9.59 Å². The summed E-state index contributed by atoms with van der Waals surface area (Å²) >= 11 is 0. The van der Waals surface area contributed by atoms with Crippen LogP contribution in [0.25, 0.3) is 0 Å². The van der Waals surface area contributed by atoms with Crippen LogP contribution in [0.4, 0.5) is 5.69 Å². The van der Waals surface area contributed by atoms with Crippen LogP contribution in [0.1, 0.15) is 29.2 Å². The molecule has 1 atom stereocenters. The van der Waals surface area contributed by atoms with Crippen molar-refractivity contribution in [2.24, 2.45) is 0 Å². The second-order valence-corrected chi connectivity index (χ2v) is 7.20. The number of rotatable bonds is 5. The predicted octanol–water partition coefficient (Wildman–Crippen LogP) is 2.80. The summed E-state index contributed by atoms with van der Waals surface area (Å²) in [5.74, 6) is -0.331. The summed E-state index contributed by atoms with van der Waals surface area (Å²) in [7, 11) is 0. The smallest absolute Gasteiger partial charge is 0.243 e. The van der Waals surface area contributed by atoms with Gasteiger partial charge in [-0.3, -0.25) is 14.5 Å². The van der Waals surface area contributed by atoms with Crippen LogP contribution >= 0.6 is 0 Å². The van der Waals surface area contributed by atoms with Gasteiger partial charge in [0.2, 0.25) is 11.8 Å². The third-order valence-corrected chi connectivity index (χ3v) is 5.26. The molecule has 1 aliphatic heterocycles. The van der Waals surface area contributed by atoms with E-state index in [0.29, 0.717) is 0 Å². The number of carbonyl (C=O) groups is 2. The fourth-order valence-corrected chi connectivity index (χ4v) is 3.52. The van der Waals surface area contributed by atoms with Gasteiger partial charge >= 0.3 is 0 Å². The molecule has 0 bridgehead atoms. The number of hydrogen-bond acceptors (Lipinski definition) is 3. The molecule has 5 heteroatoms. The Morgan fingerprint density at radius 3 is 2.41 bits per heavy atom. The van der Waals surface area contributed by atoms with Crippen LogP contribution in [0.3, 0.4) is 0 Å². The van der Waals surface area contributed by atoms with Crippen LogP contribution in [0.15, 0.2) is 42.5 Å². The molecule has 0 aromatic heterocycles. The van der Waals surface area contributed by atoms with E-state index in [0.717, 1.165) is 36.3 Å². The highest BCUT2D eigenvalue weighted by Gasteiger charge is 2.25. The number of amides is 2. The highest BCUT2D eigenvalue weighted by atomic mass is 16.2. The van der Waals surface area contributed by atoms with E-state index in [-0.39, 0.29) is 24.4 Å². The van der Waals surface area contributed by atoms with Gasteiger partial charge in [-0.25, -0.2) is 0 Å². The van der Waals surface area contributed by atoms with Crippen LogP contribution in [-0.2, 0) is 22.6 Å². The molecule has 2 aromatic carbocycles. The molecule has 1 heterocycles. The lowest BCUT2D eigenvalue weighted by atomic mass is 9.99. The molecule has 0 spiro atoms. The Morgan fingerprint density at radius 2 is 1.70 bits per heavy atom. The molecule has 5 nitrogen and oxygen atoms in total. The molecular weight excluding hydrogens is 338 g/mol. The molecule has 2 N–H and O–H groups in total. The number of benzene rings is 2. The fourth-order valence-electron chi connectivity index (χ4n) is 3.52. The molecule has 2 amide bonds. The van der Waals surface area contributed by atoms with Crippen molar-refractivity contribution in [1.29, 1.82) is 0 Å². The standard InChI is InChI=1S/C22H27N3O2/c1-15-7-6-8-16(2)21(15)24-20(26)13-23-22(27)17(3)25-12-11-18-9-4-5-10-19(18)14-25/h4-10,17H,11-14H2,1-3H3,(H,23,27)(H,24,26)/t17-/m1/s1. The van der Waals surface area contributed by atoms with E-state index in [4.69, 9.17) is 0 Å². The lowest BCUT2D eigenvalue weighted by Crippen LogP contribution is -2.48. The molecule has 142 valence electrons. The molecule has 3 rings (SSSR count). The maximum Gasteiger partial charge on any atom is 0.243 e. The van der Waals surface area contributed by atoms with E-state index in [1.54, 1.807) is 0 Å². The minimum Gasteiger partial charge on any atom is -0.346 e. The van der Waals surface area contributed by atoms with Crippen LogP contribution in [0, 0.1) is 13.8 Å². The number of nitrogens with zero attached hydrogens (tertiary/aromatic N) is 1. The number of anilines is 1. The Kier molecular flexibility index (Phi) is 5.91. The lowest BCUT2D eigenvalue weighted by Gasteiger charge is -2.32. The van der Waals surface area contributed by atoms with Crippen LogP contribution in [0.2, 0.25) is 0 Å². The van der Waals surface area contributed by atoms with Gasteiger partial charge in [0.25, 0.3) is 0 Å². The first-order valence-corrected chi connectivity index (χ1v) is 9.40. The summed E-state index contributed by atoms with van der Waals surface area (Å²) < 4.78 is 0. The molecule has 0 unspecified atom stereocenters. The molecule has 1 aliphatic rings. The van der Waals surface area contributed by atoms with Gasteiger partial charge in [-0.05, 0) is 49.4 Å². The summed E-state index contributed by atoms with van der Waals surface area (Å²) in [6, 6.07) is 13.9. The van der Waals surface area contributed by atoms with E-state index in [1.807, 2.05) is 45.0 Å². The van der Waals surface area contributed by atoms with Crippen molar-refractivity contribution in [3.63, 3.8) is 0 Å².